The van der Waals surface area contributed by atoms with Gasteiger partial charge < -0.3 is 0 Å². The zero-order chi connectivity index (χ0) is 9.84. The zero-order valence-electron chi connectivity index (χ0n) is 6.43. The zero-order valence-corrected chi connectivity index (χ0v) is 8.01. The van der Waals surface area contributed by atoms with Crippen molar-refractivity contribution >= 4 is 28.3 Å². The van der Waals surface area contributed by atoms with Gasteiger partial charge >= 0.3 is 0 Å². The first-order valence-electron chi connectivity index (χ1n) is 3.41. The Morgan fingerprint density at radius 3 is 2.23 bits per heavy atom. The number of allylic oxidation sites excluding steroid dienone is 1. The molecule has 1 aromatic carbocycles. The number of halogens is 3. The van der Waals surface area contributed by atoms with E-state index in [1.807, 2.05) is 0 Å². The highest BCUT2D eigenvalue weighted by molar-refractivity contribution is 9.10. The van der Waals surface area contributed by atoms with Crippen molar-refractivity contribution in [2.45, 2.75) is 0 Å². The molecule has 13 heavy (non-hydrogen) atoms. The second-order valence-corrected chi connectivity index (χ2v) is 3.09. The molecule has 0 aliphatic heterocycles. The molecular formula is C9H5BrF2O. The van der Waals surface area contributed by atoms with E-state index in [2.05, 4.69) is 15.9 Å². The summed E-state index contributed by atoms with van der Waals surface area (Å²) in [5.41, 5.74) is 0.310. The first-order valence-corrected chi connectivity index (χ1v) is 4.21. The highest BCUT2D eigenvalue weighted by atomic mass is 79.9. The molecule has 0 aromatic heterocycles. The maximum Gasteiger partial charge on any atom is 0.142 e. The van der Waals surface area contributed by atoms with Crippen molar-refractivity contribution in [2.24, 2.45) is 0 Å². The molecule has 1 rings (SSSR count). The van der Waals surface area contributed by atoms with Crippen LogP contribution in [-0.2, 0) is 4.79 Å². The fourth-order valence-electron chi connectivity index (χ4n) is 0.822. The summed E-state index contributed by atoms with van der Waals surface area (Å²) in [7, 11) is 0. The lowest BCUT2D eigenvalue weighted by molar-refractivity contribution is -0.104. The van der Waals surface area contributed by atoms with Gasteiger partial charge in [-0.05, 0) is 39.7 Å². The van der Waals surface area contributed by atoms with Crippen molar-refractivity contribution in [3.8, 4) is 0 Å². The van der Waals surface area contributed by atoms with Gasteiger partial charge in [-0.15, -0.1) is 0 Å². The van der Waals surface area contributed by atoms with Gasteiger partial charge in [-0.2, -0.15) is 0 Å². The Hall–Kier alpha value is -1.03. The Kier molecular flexibility index (Phi) is 3.31. The Labute approximate surface area is 82.2 Å². The van der Waals surface area contributed by atoms with Crippen molar-refractivity contribution in [2.75, 3.05) is 0 Å². The molecule has 0 aliphatic carbocycles. The van der Waals surface area contributed by atoms with E-state index in [-0.39, 0.29) is 4.47 Å². The standard InChI is InChI=1S/C9H5BrF2O/c10-9-7(11)4-6(2-1-3-13)5-8(9)12/h1-5H. The van der Waals surface area contributed by atoms with Crippen molar-refractivity contribution in [3.63, 3.8) is 0 Å². The van der Waals surface area contributed by atoms with Gasteiger partial charge in [0.1, 0.15) is 17.9 Å². The lowest BCUT2D eigenvalue weighted by Gasteiger charge is -1.98. The molecule has 0 unspecified atom stereocenters. The van der Waals surface area contributed by atoms with Crippen LogP contribution in [0.5, 0.6) is 0 Å². The van der Waals surface area contributed by atoms with Gasteiger partial charge in [0.2, 0.25) is 0 Å². The highest BCUT2D eigenvalue weighted by Gasteiger charge is 2.06. The predicted octanol–water partition coefficient (Wildman–Crippen LogP) is 2.94. The van der Waals surface area contributed by atoms with Crippen molar-refractivity contribution in [3.05, 3.63) is 39.9 Å². The van der Waals surface area contributed by atoms with Crippen LogP contribution >= 0.6 is 15.9 Å². The van der Waals surface area contributed by atoms with E-state index in [4.69, 9.17) is 0 Å². The van der Waals surface area contributed by atoms with Gasteiger partial charge in [0, 0.05) is 0 Å². The van der Waals surface area contributed by atoms with E-state index in [0.29, 0.717) is 11.8 Å². The molecule has 0 spiro atoms. The van der Waals surface area contributed by atoms with E-state index >= 15 is 0 Å². The number of carbonyl (C=O) groups is 1. The summed E-state index contributed by atoms with van der Waals surface area (Å²) in [5.74, 6) is -1.38. The van der Waals surface area contributed by atoms with Crippen molar-refractivity contribution in [1.29, 1.82) is 0 Å². The smallest absolute Gasteiger partial charge is 0.142 e. The van der Waals surface area contributed by atoms with Crippen LogP contribution in [0.4, 0.5) is 8.78 Å². The molecule has 0 aliphatic rings. The summed E-state index contributed by atoms with van der Waals surface area (Å²) in [6.45, 7) is 0. The van der Waals surface area contributed by atoms with Gasteiger partial charge in [-0.25, -0.2) is 8.78 Å². The van der Waals surface area contributed by atoms with Crippen LogP contribution in [0, 0.1) is 11.6 Å². The molecule has 0 fully saturated rings. The fourth-order valence-corrected chi connectivity index (χ4v) is 1.05. The van der Waals surface area contributed by atoms with Gasteiger partial charge in [0.05, 0.1) is 4.47 Å². The summed E-state index contributed by atoms with van der Waals surface area (Å²) in [5, 5.41) is 0. The lowest BCUT2D eigenvalue weighted by Crippen LogP contribution is -1.85. The van der Waals surface area contributed by atoms with Crippen molar-refractivity contribution in [1.82, 2.24) is 0 Å². The van der Waals surface area contributed by atoms with Crippen LogP contribution in [0.1, 0.15) is 5.56 Å². The Balaban J connectivity index is 3.12. The van der Waals surface area contributed by atoms with Crippen LogP contribution in [0.2, 0.25) is 0 Å². The highest BCUT2D eigenvalue weighted by Crippen LogP contribution is 2.21. The Morgan fingerprint density at radius 1 is 1.23 bits per heavy atom. The third kappa shape index (κ3) is 2.45. The number of aldehydes is 1. The SMILES string of the molecule is O=CC=Cc1cc(F)c(Br)c(F)c1. The first kappa shape index (κ1) is 10.1. The maximum atomic E-state index is 12.9. The van der Waals surface area contributed by atoms with Crippen LogP contribution < -0.4 is 0 Å². The summed E-state index contributed by atoms with van der Waals surface area (Å²) < 4.78 is 25.5. The summed E-state index contributed by atoms with van der Waals surface area (Å²) in [4.78, 5) is 9.93. The lowest BCUT2D eigenvalue weighted by atomic mass is 10.2. The number of hydrogen-bond donors (Lipinski definition) is 0. The quantitative estimate of drug-likeness (QED) is 0.446. The van der Waals surface area contributed by atoms with E-state index in [1.54, 1.807) is 0 Å². The van der Waals surface area contributed by atoms with Gasteiger partial charge in [0.15, 0.2) is 0 Å². The molecular weight excluding hydrogens is 242 g/mol. The average molecular weight is 247 g/mol. The molecule has 0 saturated heterocycles. The summed E-state index contributed by atoms with van der Waals surface area (Å²) in [6, 6.07) is 2.26. The van der Waals surface area contributed by atoms with E-state index < -0.39 is 11.6 Å². The monoisotopic (exact) mass is 246 g/mol. The average Bonchev–Trinajstić information content (AvgIpc) is 2.10. The molecule has 0 amide bonds. The fraction of sp³-hybridized carbons (Fsp3) is 0. The van der Waals surface area contributed by atoms with Crippen LogP contribution in [0.3, 0.4) is 0 Å². The number of rotatable bonds is 2. The normalized spacial score (nSPS) is 10.7. The predicted molar refractivity (Wildman–Crippen MR) is 49.2 cm³/mol. The summed E-state index contributed by atoms with van der Waals surface area (Å²) in [6.07, 6.45) is 3.03. The van der Waals surface area contributed by atoms with Crippen molar-refractivity contribution < 1.29 is 13.6 Å². The molecule has 68 valence electrons. The molecule has 0 radical (unpaired) electrons. The molecule has 0 N–H and O–H groups in total. The molecule has 0 saturated carbocycles. The molecule has 0 bridgehead atoms. The van der Waals surface area contributed by atoms with Crippen LogP contribution in [0.15, 0.2) is 22.7 Å². The van der Waals surface area contributed by atoms with E-state index in [0.717, 1.165) is 12.1 Å². The summed E-state index contributed by atoms with van der Waals surface area (Å²) >= 11 is 2.74. The Bertz CT molecular complexity index is 338. The molecule has 1 nitrogen and oxygen atoms in total. The minimum atomic E-state index is -0.689. The minimum absolute atomic E-state index is 0.198. The number of carbonyl (C=O) groups excluding carboxylic acids is 1. The number of hydrogen-bond acceptors (Lipinski definition) is 1. The molecule has 4 heteroatoms. The minimum Gasteiger partial charge on any atom is -0.299 e. The van der Waals surface area contributed by atoms with Crippen LogP contribution in [-0.4, -0.2) is 6.29 Å². The second kappa shape index (κ2) is 4.28. The van der Waals surface area contributed by atoms with E-state index in [9.17, 15) is 13.6 Å². The Morgan fingerprint density at radius 2 is 1.77 bits per heavy atom. The van der Waals surface area contributed by atoms with Gasteiger partial charge in [-0.1, -0.05) is 6.08 Å². The topological polar surface area (TPSA) is 17.1 Å². The molecule has 1 aromatic rings. The van der Waals surface area contributed by atoms with E-state index in [1.165, 1.54) is 12.2 Å². The third-order valence-corrected chi connectivity index (χ3v) is 2.13. The molecule has 0 heterocycles. The second-order valence-electron chi connectivity index (χ2n) is 2.29. The number of benzene rings is 1. The van der Waals surface area contributed by atoms with Crippen LogP contribution in [0.25, 0.3) is 6.08 Å². The third-order valence-electron chi connectivity index (χ3n) is 1.37. The van der Waals surface area contributed by atoms with Gasteiger partial charge in [-0.3, -0.25) is 4.79 Å². The largest absolute Gasteiger partial charge is 0.299 e. The first-order chi connectivity index (χ1) is 6.15. The van der Waals surface area contributed by atoms with Gasteiger partial charge in [0.25, 0.3) is 0 Å². The maximum absolute atomic E-state index is 12.9. The molecule has 0 atom stereocenters.